The first-order valence-electron chi connectivity index (χ1n) is 7.26. The summed E-state index contributed by atoms with van der Waals surface area (Å²) in [5.41, 5.74) is 1.60. The third kappa shape index (κ3) is 3.78. The van der Waals surface area contributed by atoms with Crippen molar-refractivity contribution in [3.05, 3.63) is 69.2 Å². The molecule has 0 aliphatic rings. The van der Waals surface area contributed by atoms with Crippen LogP contribution in [0.5, 0.6) is 0 Å². The highest BCUT2D eigenvalue weighted by Crippen LogP contribution is 2.26. The van der Waals surface area contributed by atoms with Crippen LogP contribution >= 0.6 is 34.5 Å². The molecule has 0 aliphatic carbocycles. The van der Waals surface area contributed by atoms with Crippen LogP contribution in [0.1, 0.15) is 10.6 Å². The van der Waals surface area contributed by atoms with E-state index in [4.69, 9.17) is 23.2 Å². The second-order valence-electron chi connectivity index (χ2n) is 5.24. The zero-order chi connectivity index (χ0) is 17.1. The van der Waals surface area contributed by atoms with Gasteiger partial charge in [0.2, 0.25) is 5.91 Å². The van der Waals surface area contributed by atoms with Crippen molar-refractivity contribution in [3.63, 3.8) is 0 Å². The molecule has 1 heterocycles. The minimum Gasteiger partial charge on any atom is -0.335 e. The Morgan fingerprint density at radius 2 is 1.88 bits per heavy atom. The van der Waals surface area contributed by atoms with Crippen molar-refractivity contribution in [2.45, 2.75) is 6.54 Å². The van der Waals surface area contributed by atoms with Gasteiger partial charge in [0.05, 0.1) is 16.8 Å². The summed E-state index contributed by atoms with van der Waals surface area (Å²) in [7, 11) is 1.74. The number of hydrogen-bond donors (Lipinski definition) is 0. The van der Waals surface area contributed by atoms with Gasteiger partial charge >= 0.3 is 0 Å². The Balaban J connectivity index is 1.71. The van der Waals surface area contributed by atoms with Gasteiger partial charge < -0.3 is 4.90 Å². The Hall–Kier alpha value is -1.88. The average molecular weight is 377 g/mol. The summed E-state index contributed by atoms with van der Waals surface area (Å²) in [6, 6.07) is 13.2. The van der Waals surface area contributed by atoms with Crippen LogP contribution in [0.3, 0.4) is 0 Å². The summed E-state index contributed by atoms with van der Waals surface area (Å²) in [6.45, 7) is 0.457. The molecule has 0 N–H and O–H groups in total. The molecule has 0 radical (unpaired) electrons. The molecule has 3 rings (SSSR count). The molecule has 2 aromatic carbocycles. The van der Waals surface area contributed by atoms with Crippen molar-refractivity contribution in [1.29, 1.82) is 0 Å². The third-order valence-corrected chi connectivity index (χ3v) is 5.16. The molecule has 3 nitrogen and oxygen atoms in total. The Labute approximate surface area is 154 Å². The number of aromatic nitrogens is 1. The number of para-hydroxylation sites is 1. The monoisotopic (exact) mass is 376 g/mol. The predicted molar refractivity (Wildman–Crippen MR) is 102 cm³/mol. The van der Waals surface area contributed by atoms with Gasteiger partial charge in [-0.15, -0.1) is 11.3 Å². The Morgan fingerprint density at radius 3 is 2.58 bits per heavy atom. The first-order valence-corrected chi connectivity index (χ1v) is 8.83. The SMILES string of the molecule is CN(Cc1nc2ccccc2s1)C(=O)/C=C/c1c(Cl)cccc1Cl. The number of halogens is 2. The van der Waals surface area contributed by atoms with Crippen molar-refractivity contribution in [2.75, 3.05) is 7.05 Å². The van der Waals surface area contributed by atoms with E-state index in [1.54, 1.807) is 47.6 Å². The Bertz CT molecular complexity index is 867. The van der Waals surface area contributed by atoms with Gasteiger partial charge in [0.25, 0.3) is 0 Å². The summed E-state index contributed by atoms with van der Waals surface area (Å²) in [5, 5.41) is 1.93. The summed E-state index contributed by atoms with van der Waals surface area (Å²) >= 11 is 13.8. The van der Waals surface area contributed by atoms with Crippen LogP contribution in [0.4, 0.5) is 0 Å². The standard InChI is InChI=1S/C18H14Cl2N2OS/c1-22(11-17-21-15-7-2-3-8-16(15)24-17)18(23)10-9-12-13(19)5-4-6-14(12)20/h2-10H,11H2,1H3/b10-9+. The topological polar surface area (TPSA) is 33.2 Å². The van der Waals surface area contributed by atoms with Crippen molar-refractivity contribution in [2.24, 2.45) is 0 Å². The number of carbonyl (C=O) groups is 1. The average Bonchev–Trinajstić information content (AvgIpc) is 2.96. The van der Waals surface area contributed by atoms with Gasteiger partial charge in [-0.05, 0) is 30.3 Å². The number of benzene rings is 2. The van der Waals surface area contributed by atoms with E-state index < -0.39 is 0 Å². The lowest BCUT2D eigenvalue weighted by Gasteiger charge is -2.13. The molecule has 0 saturated heterocycles. The van der Waals surface area contributed by atoms with Crippen LogP contribution in [0.25, 0.3) is 16.3 Å². The predicted octanol–water partition coefficient (Wildman–Crippen LogP) is 5.27. The largest absolute Gasteiger partial charge is 0.335 e. The fraction of sp³-hybridized carbons (Fsp3) is 0.111. The maximum atomic E-state index is 12.3. The van der Waals surface area contributed by atoms with Gasteiger partial charge in [-0.25, -0.2) is 4.98 Å². The van der Waals surface area contributed by atoms with Crippen molar-refractivity contribution < 1.29 is 4.79 Å². The lowest BCUT2D eigenvalue weighted by Crippen LogP contribution is -2.23. The van der Waals surface area contributed by atoms with Crippen molar-refractivity contribution in [1.82, 2.24) is 9.88 Å². The zero-order valence-electron chi connectivity index (χ0n) is 12.9. The number of rotatable bonds is 4. The quantitative estimate of drug-likeness (QED) is 0.580. The summed E-state index contributed by atoms with van der Waals surface area (Å²) in [4.78, 5) is 18.4. The third-order valence-electron chi connectivity index (χ3n) is 3.48. The summed E-state index contributed by atoms with van der Waals surface area (Å²) < 4.78 is 1.12. The maximum Gasteiger partial charge on any atom is 0.246 e. The van der Waals surface area contributed by atoms with Crippen molar-refractivity contribution in [3.8, 4) is 0 Å². The number of amides is 1. The van der Waals surface area contributed by atoms with Gasteiger partial charge in [0, 0.05) is 28.7 Å². The first-order chi connectivity index (χ1) is 11.5. The molecular formula is C18H14Cl2N2OS. The molecule has 0 atom stereocenters. The molecule has 0 saturated carbocycles. The number of nitrogens with zero attached hydrogens (tertiary/aromatic N) is 2. The summed E-state index contributed by atoms with van der Waals surface area (Å²) in [6.07, 6.45) is 3.11. The Kier molecular flexibility index (Phi) is 5.19. The fourth-order valence-corrected chi connectivity index (χ4v) is 3.76. The molecule has 3 aromatic rings. The lowest BCUT2D eigenvalue weighted by molar-refractivity contribution is -0.125. The molecule has 0 aliphatic heterocycles. The lowest BCUT2D eigenvalue weighted by atomic mass is 10.2. The maximum absolute atomic E-state index is 12.3. The fourth-order valence-electron chi connectivity index (χ4n) is 2.22. The van der Waals surface area contributed by atoms with Crippen LogP contribution in [-0.2, 0) is 11.3 Å². The number of likely N-dealkylation sites (N-methyl/N-ethyl adjacent to an activating group) is 1. The van der Waals surface area contributed by atoms with E-state index in [1.165, 1.54) is 6.08 Å². The van der Waals surface area contributed by atoms with E-state index >= 15 is 0 Å². The number of fused-ring (bicyclic) bond motifs is 1. The highest BCUT2D eigenvalue weighted by molar-refractivity contribution is 7.18. The zero-order valence-corrected chi connectivity index (χ0v) is 15.2. The summed E-state index contributed by atoms with van der Waals surface area (Å²) in [5.74, 6) is -0.134. The molecule has 122 valence electrons. The molecule has 1 aromatic heterocycles. The normalized spacial score (nSPS) is 11.3. The van der Waals surface area contributed by atoms with Gasteiger partial charge in [0.1, 0.15) is 5.01 Å². The highest BCUT2D eigenvalue weighted by atomic mass is 35.5. The number of carbonyl (C=O) groups excluding carboxylic acids is 1. The van der Waals surface area contributed by atoms with Crippen LogP contribution < -0.4 is 0 Å². The molecule has 24 heavy (non-hydrogen) atoms. The minimum atomic E-state index is -0.134. The highest BCUT2D eigenvalue weighted by Gasteiger charge is 2.10. The second kappa shape index (κ2) is 7.34. The van der Waals surface area contributed by atoms with Gasteiger partial charge in [-0.2, -0.15) is 0 Å². The number of hydrogen-bond acceptors (Lipinski definition) is 3. The van der Waals surface area contributed by atoms with Crippen LogP contribution in [-0.4, -0.2) is 22.8 Å². The van der Waals surface area contributed by atoms with E-state index in [0.29, 0.717) is 22.2 Å². The van der Waals surface area contributed by atoms with E-state index in [9.17, 15) is 4.79 Å². The molecular weight excluding hydrogens is 363 g/mol. The van der Waals surface area contributed by atoms with Crippen LogP contribution in [0, 0.1) is 0 Å². The molecule has 1 amide bonds. The van der Waals surface area contributed by atoms with Crippen molar-refractivity contribution >= 4 is 56.7 Å². The smallest absolute Gasteiger partial charge is 0.246 e. The van der Waals surface area contributed by atoms with E-state index in [0.717, 1.165) is 15.2 Å². The minimum absolute atomic E-state index is 0.134. The van der Waals surface area contributed by atoms with E-state index in [-0.39, 0.29) is 5.91 Å². The molecule has 0 spiro atoms. The first kappa shape index (κ1) is 17.0. The molecule has 0 bridgehead atoms. The van der Waals surface area contributed by atoms with Gasteiger partial charge in [-0.3, -0.25) is 4.79 Å². The second-order valence-corrected chi connectivity index (χ2v) is 7.17. The molecule has 6 heteroatoms. The number of thiazole rings is 1. The van der Waals surface area contributed by atoms with Crippen LogP contribution in [0.2, 0.25) is 10.0 Å². The van der Waals surface area contributed by atoms with E-state index in [2.05, 4.69) is 4.98 Å². The Morgan fingerprint density at radius 1 is 1.17 bits per heavy atom. The van der Waals surface area contributed by atoms with Gasteiger partial charge in [0.15, 0.2) is 0 Å². The molecule has 0 unspecified atom stereocenters. The van der Waals surface area contributed by atoms with Gasteiger partial charge in [-0.1, -0.05) is 41.4 Å². The van der Waals surface area contributed by atoms with Crippen LogP contribution in [0.15, 0.2) is 48.5 Å². The van der Waals surface area contributed by atoms with E-state index in [1.807, 2.05) is 24.3 Å². The molecule has 0 fully saturated rings.